The topological polar surface area (TPSA) is 83.1 Å². The summed E-state index contributed by atoms with van der Waals surface area (Å²) in [7, 11) is 0. The van der Waals surface area contributed by atoms with E-state index in [1.165, 1.54) is 5.56 Å². The summed E-state index contributed by atoms with van der Waals surface area (Å²) >= 11 is 0. The maximum atomic E-state index is 12.9. The van der Waals surface area contributed by atoms with Crippen molar-refractivity contribution >= 4 is 11.6 Å². The number of amides is 1. The Bertz CT molecular complexity index is 1030. The summed E-state index contributed by atoms with van der Waals surface area (Å²) in [6.45, 7) is 1.71. The first kappa shape index (κ1) is 18.7. The number of nitrogens with one attached hydrogen (secondary N) is 2. The summed E-state index contributed by atoms with van der Waals surface area (Å²) in [5.41, 5.74) is 3.47. The number of likely N-dealkylation sites (tertiary alicyclic amines) is 1. The van der Waals surface area contributed by atoms with Gasteiger partial charge in [0.25, 0.3) is 5.91 Å². The van der Waals surface area contributed by atoms with E-state index in [0.29, 0.717) is 18.1 Å². The zero-order valence-corrected chi connectivity index (χ0v) is 16.8. The number of aromatic nitrogens is 3. The third-order valence-electron chi connectivity index (χ3n) is 5.82. The number of carbonyl (C=O) groups is 1. The van der Waals surface area contributed by atoms with Gasteiger partial charge in [-0.1, -0.05) is 30.3 Å². The highest BCUT2D eigenvalue weighted by molar-refractivity contribution is 5.78. The molecule has 0 bridgehead atoms. The molecule has 154 valence electrons. The van der Waals surface area contributed by atoms with Gasteiger partial charge in [0.15, 0.2) is 12.4 Å². The molecule has 0 saturated carbocycles. The highest BCUT2D eigenvalue weighted by Gasteiger charge is 2.31. The van der Waals surface area contributed by atoms with Gasteiger partial charge in [-0.05, 0) is 49.4 Å². The summed E-state index contributed by atoms with van der Waals surface area (Å²) in [6, 6.07) is 15.6. The standard InChI is InChI=1S/C23H25N5O2/c29-21(15-30-18-6-2-1-3-7-18)28-13-5-4-8-20(28)23-25-22(26-27-23)17-10-9-16-11-12-24-19(16)14-17/h1-3,6-7,9-10,14,20,24H,4-5,8,11-13,15H2,(H,25,26,27)/t20-/m1/s1. The first-order chi connectivity index (χ1) is 14.8. The van der Waals surface area contributed by atoms with Crippen LogP contribution in [0.5, 0.6) is 5.75 Å². The van der Waals surface area contributed by atoms with Crippen LogP contribution in [0.25, 0.3) is 11.4 Å². The van der Waals surface area contributed by atoms with E-state index in [1.807, 2.05) is 35.2 Å². The number of fused-ring (bicyclic) bond motifs is 1. The Hall–Kier alpha value is -3.35. The normalized spacial score (nSPS) is 18.0. The molecular weight excluding hydrogens is 378 g/mol. The molecule has 1 aromatic heterocycles. The zero-order chi connectivity index (χ0) is 20.3. The van der Waals surface area contributed by atoms with Crippen LogP contribution < -0.4 is 10.1 Å². The van der Waals surface area contributed by atoms with Crippen molar-refractivity contribution in [3.8, 4) is 17.1 Å². The lowest BCUT2D eigenvalue weighted by Crippen LogP contribution is -2.41. The Morgan fingerprint density at radius 1 is 1.17 bits per heavy atom. The molecule has 2 aromatic carbocycles. The van der Waals surface area contributed by atoms with Gasteiger partial charge in [0.2, 0.25) is 0 Å². The highest BCUT2D eigenvalue weighted by atomic mass is 16.5. The van der Waals surface area contributed by atoms with Crippen molar-refractivity contribution in [2.24, 2.45) is 0 Å². The van der Waals surface area contributed by atoms with Crippen molar-refractivity contribution < 1.29 is 9.53 Å². The van der Waals surface area contributed by atoms with E-state index in [9.17, 15) is 4.79 Å². The number of ether oxygens (including phenoxy) is 1. The molecule has 3 aromatic rings. The molecule has 2 aliphatic rings. The average Bonchev–Trinajstić information content (AvgIpc) is 3.47. The lowest BCUT2D eigenvalue weighted by molar-refractivity contribution is -0.137. The number of benzene rings is 2. The van der Waals surface area contributed by atoms with Gasteiger partial charge in [0.1, 0.15) is 11.6 Å². The average molecular weight is 403 g/mol. The minimum absolute atomic E-state index is 0.0248. The lowest BCUT2D eigenvalue weighted by atomic mass is 10.0. The van der Waals surface area contributed by atoms with E-state index in [2.05, 4.69) is 33.7 Å². The molecule has 7 heteroatoms. The van der Waals surface area contributed by atoms with Crippen molar-refractivity contribution in [1.82, 2.24) is 20.1 Å². The number of aromatic amines is 1. The third-order valence-corrected chi connectivity index (χ3v) is 5.82. The van der Waals surface area contributed by atoms with Crippen LogP contribution in [-0.4, -0.2) is 45.7 Å². The lowest BCUT2D eigenvalue weighted by Gasteiger charge is -2.34. The molecule has 7 nitrogen and oxygen atoms in total. The fraction of sp³-hybridized carbons (Fsp3) is 0.348. The van der Waals surface area contributed by atoms with Crippen molar-refractivity contribution in [2.45, 2.75) is 31.7 Å². The maximum Gasteiger partial charge on any atom is 0.261 e. The molecule has 30 heavy (non-hydrogen) atoms. The van der Waals surface area contributed by atoms with Crippen molar-refractivity contribution in [3.05, 3.63) is 59.9 Å². The van der Waals surface area contributed by atoms with Crippen LogP contribution >= 0.6 is 0 Å². The van der Waals surface area contributed by atoms with E-state index >= 15 is 0 Å². The second-order valence-electron chi connectivity index (χ2n) is 7.79. The van der Waals surface area contributed by atoms with Crippen LogP contribution in [0.3, 0.4) is 0 Å². The van der Waals surface area contributed by atoms with E-state index in [4.69, 9.17) is 9.72 Å². The van der Waals surface area contributed by atoms with E-state index < -0.39 is 0 Å². The number of nitrogens with zero attached hydrogens (tertiary/aromatic N) is 3. The molecule has 2 N–H and O–H groups in total. The van der Waals surface area contributed by atoms with Crippen LogP contribution in [-0.2, 0) is 11.2 Å². The highest BCUT2D eigenvalue weighted by Crippen LogP contribution is 2.31. The molecule has 3 heterocycles. The van der Waals surface area contributed by atoms with Crippen LogP contribution in [0.4, 0.5) is 5.69 Å². The molecule has 1 amide bonds. The number of H-pyrrole nitrogens is 1. The molecule has 0 unspecified atom stereocenters. The maximum absolute atomic E-state index is 12.9. The molecule has 5 rings (SSSR count). The molecule has 0 radical (unpaired) electrons. The summed E-state index contributed by atoms with van der Waals surface area (Å²) in [6.07, 6.45) is 3.98. The number of piperidine rings is 1. The Morgan fingerprint density at radius 3 is 2.97 bits per heavy atom. The third kappa shape index (κ3) is 3.75. The van der Waals surface area contributed by atoms with Gasteiger partial charge < -0.3 is 15.0 Å². The first-order valence-electron chi connectivity index (χ1n) is 10.5. The van der Waals surface area contributed by atoms with Crippen LogP contribution in [0.2, 0.25) is 0 Å². The monoisotopic (exact) mass is 403 g/mol. The molecule has 1 atom stereocenters. The summed E-state index contributed by atoms with van der Waals surface area (Å²) < 4.78 is 5.68. The number of hydrogen-bond acceptors (Lipinski definition) is 5. The predicted octanol–water partition coefficient (Wildman–Crippen LogP) is 3.57. The van der Waals surface area contributed by atoms with Gasteiger partial charge >= 0.3 is 0 Å². The largest absolute Gasteiger partial charge is 0.484 e. The number of hydrogen-bond donors (Lipinski definition) is 2. The van der Waals surface area contributed by atoms with Gasteiger partial charge in [0, 0.05) is 24.3 Å². The fourth-order valence-electron chi connectivity index (χ4n) is 4.24. The number of anilines is 1. The fourth-order valence-corrected chi connectivity index (χ4v) is 4.24. The van der Waals surface area contributed by atoms with Crippen molar-refractivity contribution in [1.29, 1.82) is 0 Å². The second-order valence-corrected chi connectivity index (χ2v) is 7.79. The molecule has 0 spiro atoms. The van der Waals surface area contributed by atoms with Gasteiger partial charge in [-0.3, -0.25) is 9.89 Å². The smallest absolute Gasteiger partial charge is 0.261 e. The first-order valence-corrected chi connectivity index (χ1v) is 10.5. The minimum Gasteiger partial charge on any atom is -0.484 e. The summed E-state index contributed by atoms with van der Waals surface area (Å²) in [5, 5.41) is 10.9. The van der Waals surface area contributed by atoms with Crippen molar-refractivity contribution in [2.75, 3.05) is 25.0 Å². The summed E-state index contributed by atoms with van der Waals surface area (Å²) in [4.78, 5) is 19.5. The zero-order valence-electron chi connectivity index (χ0n) is 16.8. The molecule has 1 fully saturated rings. The SMILES string of the molecule is O=C(COc1ccccc1)N1CCCC[C@@H]1c1nc(-c2ccc3c(c2)NCC3)n[nH]1. The minimum atomic E-state index is -0.0978. The van der Waals surface area contributed by atoms with E-state index in [-0.39, 0.29) is 18.6 Å². The van der Waals surface area contributed by atoms with Crippen LogP contribution in [0, 0.1) is 0 Å². The Morgan fingerprint density at radius 2 is 2.07 bits per heavy atom. The molecule has 0 aliphatic carbocycles. The van der Waals surface area contributed by atoms with Gasteiger partial charge in [-0.25, -0.2) is 4.98 Å². The molecule has 1 saturated heterocycles. The van der Waals surface area contributed by atoms with Crippen LogP contribution in [0.1, 0.15) is 36.7 Å². The molecule has 2 aliphatic heterocycles. The predicted molar refractivity (Wildman–Crippen MR) is 114 cm³/mol. The second kappa shape index (κ2) is 8.18. The van der Waals surface area contributed by atoms with Gasteiger partial charge in [-0.15, -0.1) is 0 Å². The molecular formula is C23H25N5O2. The van der Waals surface area contributed by atoms with Crippen molar-refractivity contribution in [3.63, 3.8) is 0 Å². The summed E-state index contributed by atoms with van der Waals surface area (Å²) in [5.74, 6) is 2.08. The quantitative estimate of drug-likeness (QED) is 0.680. The Labute approximate surface area is 175 Å². The van der Waals surface area contributed by atoms with Crippen LogP contribution in [0.15, 0.2) is 48.5 Å². The van der Waals surface area contributed by atoms with E-state index in [1.54, 1.807) is 0 Å². The number of rotatable bonds is 5. The Balaban J connectivity index is 1.31. The van der Waals surface area contributed by atoms with Gasteiger partial charge in [-0.2, -0.15) is 5.10 Å². The number of carbonyl (C=O) groups excluding carboxylic acids is 1. The van der Waals surface area contributed by atoms with Gasteiger partial charge in [0.05, 0.1) is 6.04 Å². The Kier molecular flexibility index (Phi) is 5.09. The van der Waals surface area contributed by atoms with E-state index in [0.717, 1.165) is 49.3 Å². The number of para-hydroxylation sites is 1.